The van der Waals surface area contributed by atoms with Gasteiger partial charge in [-0.2, -0.15) is 0 Å². The third-order valence-electron chi connectivity index (χ3n) is 4.50. The molecule has 3 aromatic rings. The van der Waals surface area contributed by atoms with Crippen molar-refractivity contribution in [3.05, 3.63) is 58.6 Å². The van der Waals surface area contributed by atoms with Crippen molar-refractivity contribution in [2.24, 2.45) is 0 Å². The molecular formula is C21H23N3O4S. The molecule has 0 spiro atoms. The second-order valence-corrected chi connectivity index (χ2v) is 7.19. The van der Waals surface area contributed by atoms with Gasteiger partial charge in [0.2, 0.25) is 10.9 Å². The molecule has 0 saturated heterocycles. The van der Waals surface area contributed by atoms with E-state index >= 15 is 0 Å². The normalized spacial score (nSPS) is 11.6. The van der Waals surface area contributed by atoms with Crippen molar-refractivity contribution in [1.82, 2.24) is 10.2 Å². The van der Waals surface area contributed by atoms with Crippen LogP contribution in [0.25, 0.3) is 0 Å². The Morgan fingerprint density at radius 2 is 1.69 bits per heavy atom. The lowest BCUT2D eigenvalue weighted by molar-refractivity contribution is 0.102. The van der Waals surface area contributed by atoms with Crippen LogP contribution in [0.1, 0.15) is 40.2 Å². The van der Waals surface area contributed by atoms with Crippen LogP contribution in [-0.4, -0.2) is 37.4 Å². The average molecular weight is 413 g/mol. The number of nitrogens with one attached hydrogen (secondary N) is 1. The molecule has 7 nitrogen and oxygen atoms in total. The number of hydrogen-bond donors (Lipinski definition) is 1. The Balaban J connectivity index is 1.82. The van der Waals surface area contributed by atoms with Gasteiger partial charge in [0.15, 0.2) is 11.5 Å². The number of rotatable bonds is 8. The van der Waals surface area contributed by atoms with Gasteiger partial charge in [-0.25, -0.2) is 0 Å². The topological polar surface area (TPSA) is 82.6 Å². The lowest BCUT2D eigenvalue weighted by Crippen LogP contribution is -2.12. The molecule has 1 heterocycles. The SMILES string of the molecule is CC[C@@H](c1ccccc1)c1nnc(NC(=O)c2cc(OC)c(OC)c(OC)c2)s1. The number of methoxy groups -OCH3 is 3. The summed E-state index contributed by atoms with van der Waals surface area (Å²) in [5.41, 5.74) is 1.54. The van der Waals surface area contributed by atoms with E-state index in [-0.39, 0.29) is 11.8 Å². The van der Waals surface area contributed by atoms with Gasteiger partial charge >= 0.3 is 0 Å². The van der Waals surface area contributed by atoms with Crippen LogP contribution in [-0.2, 0) is 0 Å². The molecule has 0 unspecified atom stereocenters. The zero-order valence-electron chi connectivity index (χ0n) is 16.8. The summed E-state index contributed by atoms with van der Waals surface area (Å²) in [7, 11) is 4.52. The highest BCUT2D eigenvalue weighted by Gasteiger charge is 2.20. The van der Waals surface area contributed by atoms with Crippen molar-refractivity contribution in [2.75, 3.05) is 26.6 Å². The van der Waals surface area contributed by atoms with E-state index in [4.69, 9.17) is 14.2 Å². The van der Waals surface area contributed by atoms with Crippen LogP contribution in [0.3, 0.4) is 0 Å². The van der Waals surface area contributed by atoms with E-state index in [2.05, 4.69) is 34.6 Å². The number of carbonyl (C=O) groups is 1. The minimum absolute atomic E-state index is 0.139. The van der Waals surface area contributed by atoms with Gasteiger partial charge in [0.1, 0.15) is 5.01 Å². The molecule has 152 valence electrons. The van der Waals surface area contributed by atoms with Gasteiger partial charge in [-0.15, -0.1) is 10.2 Å². The molecule has 0 bridgehead atoms. The van der Waals surface area contributed by atoms with E-state index in [1.54, 1.807) is 12.1 Å². The Hall–Kier alpha value is -3.13. The molecule has 3 rings (SSSR count). The summed E-state index contributed by atoms with van der Waals surface area (Å²) in [4.78, 5) is 12.7. The van der Waals surface area contributed by atoms with Crippen LogP contribution in [0.5, 0.6) is 17.2 Å². The maximum Gasteiger partial charge on any atom is 0.257 e. The van der Waals surface area contributed by atoms with Gasteiger partial charge in [-0.1, -0.05) is 48.6 Å². The van der Waals surface area contributed by atoms with Gasteiger partial charge in [0.05, 0.1) is 21.3 Å². The summed E-state index contributed by atoms with van der Waals surface area (Å²) < 4.78 is 15.9. The fraction of sp³-hybridized carbons (Fsp3) is 0.286. The van der Waals surface area contributed by atoms with Crippen molar-refractivity contribution in [2.45, 2.75) is 19.3 Å². The van der Waals surface area contributed by atoms with Crippen LogP contribution in [0.15, 0.2) is 42.5 Å². The third-order valence-corrected chi connectivity index (χ3v) is 5.45. The number of ether oxygens (including phenoxy) is 3. The van der Waals surface area contributed by atoms with Crippen molar-refractivity contribution in [3.8, 4) is 17.2 Å². The zero-order valence-corrected chi connectivity index (χ0v) is 17.6. The number of amides is 1. The first-order valence-corrected chi connectivity index (χ1v) is 9.92. The van der Waals surface area contributed by atoms with Crippen molar-refractivity contribution in [3.63, 3.8) is 0 Å². The quantitative estimate of drug-likeness (QED) is 0.591. The summed E-state index contributed by atoms with van der Waals surface area (Å²) in [5.74, 6) is 1.05. The maximum atomic E-state index is 12.7. The van der Waals surface area contributed by atoms with Crippen LogP contribution < -0.4 is 19.5 Å². The van der Waals surface area contributed by atoms with E-state index in [1.807, 2.05) is 18.2 Å². The van der Waals surface area contributed by atoms with E-state index < -0.39 is 0 Å². The Labute approximate surface area is 173 Å². The van der Waals surface area contributed by atoms with Gasteiger partial charge in [0, 0.05) is 11.5 Å². The van der Waals surface area contributed by atoms with Crippen LogP contribution in [0.4, 0.5) is 5.13 Å². The van der Waals surface area contributed by atoms with E-state index in [0.29, 0.717) is 27.9 Å². The first-order chi connectivity index (χ1) is 14.1. The van der Waals surface area contributed by atoms with Gasteiger partial charge in [0.25, 0.3) is 5.91 Å². The predicted molar refractivity (Wildman–Crippen MR) is 113 cm³/mol. The molecule has 8 heteroatoms. The number of carbonyl (C=O) groups excluding carboxylic acids is 1. The molecule has 1 amide bonds. The van der Waals surface area contributed by atoms with Crippen molar-refractivity contribution in [1.29, 1.82) is 0 Å². The minimum Gasteiger partial charge on any atom is -0.493 e. The summed E-state index contributed by atoms with van der Waals surface area (Å²) in [6.07, 6.45) is 0.888. The summed E-state index contributed by atoms with van der Waals surface area (Å²) in [6.45, 7) is 2.10. The highest BCUT2D eigenvalue weighted by molar-refractivity contribution is 7.15. The van der Waals surface area contributed by atoms with Crippen molar-refractivity contribution < 1.29 is 19.0 Å². The highest BCUT2D eigenvalue weighted by Crippen LogP contribution is 2.38. The molecule has 29 heavy (non-hydrogen) atoms. The number of anilines is 1. The molecule has 2 aromatic carbocycles. The maximum absolute atomic E-state index is 12.7. The average Bonchev–Trinajstić information content (AvgIpc) is 3.21. The Morgan fingerprint density at radius 3 is 2.24 bits per heavy atom. The Morgan fingerprint density at radius 1 is 1.03 bits per heavy atom. The van der Waals surface area contributed by atoms with E-state index in [1.165, 1.54) is 38.2 Å². The fourth-order valence-corrected chi connectivity index (χ4v) is 4.00. The van der Waals surface area contributed by atoms with Gasteiger partial charge in [-0.3, -0.25) is 10.1 Å². The molecule has 0 saturated carbocycles. The van der Waals surface area contributed by atoms with Gasteiger partial charge in [-0.05, 0) is 24.1 Å². The number of benzene rings is 2. The molecule has 0 radical (unpaired) electrons. The largest absolute Gasteiger partial charge is 0.493 e. The molecule has 0 aliphatic rings. The first kappa shape index (κ1) is 20.6. The van der Waals surface area contributed by atoms with Crippen LogP contribution >= 0.6 is 11.3 Å². The molecule has 0 aliphatic heterocycles. The number of hydrogen-bond acceptors (Lipinski definition) is 7. The van der Waals surface area contributed by atoms with Crippen LogP contribution in [0.2, 0.25) is 0 Å². The van der Waals surface area contributed by atoms with Crippen LogP contribution in [0, 0.1) is 0 Å². The second kappa shape index (κ2) is 9.38. The van der Waals surface area contributed by atoms with Crippen molar-refractivity contribution >= 4 is 22.4 Å². The smallest absolute Gasteiger partial charge is 0.257 e. The Kier molecular flexibility index (Phi) is 6.66. The number of nitrogens with zero attached hydrogens (tertiary/aromatic N) is 2. The van der Waals surface area contributed by atoms with E-state index in [9.17, 15) is 4.79 Å². The van der Waals surface area contributed by atoms with E-state index in [0.717, 1.165) is 11.4 Å². The standard InChI is InChI=1S/C21H23N3O4S/c1-5-15(13-9-7-6-8-10-13)20-23-24-21(29-20)22-19(25)14-11-16(26-2)18(28-4)17(12-14)27-3/h6-12,15H,5H2,1-4H3,(H,22,24,25)/t15-/m0/s1. The molecular weight excluding hydrogens is 390 g/mol. The zero-order chi connectivity index (χ0) is 20.8. The minimum atomic E-state index is -0.334. The third kappa shape index (κ3) is 4.48. The summed E-state index contributed by atoms with van der Waals surface area (Å²) >= 11 is 1.37. The van der Waals surface area contributed by atoms with Gasteiger partial charge < -0.3 is 14.2 Å². The lowest BCUT2D eigenvalue weighted by atomic mass is 9.97. The molecule has 0 aliphatic carbocycles. The Bertz CT molecular complexity index is 950. The molecule has 1 atom stereocenters. The first-order valence-electron chi connectivity index (χ1n) is 9.10. The second-order valence-electron chi connectivity index (χ2n) is 6.19. The lowest BCUT2D eigenvalue weighted by Gasteiger charge is -2.13. The highest BCUT2D eigenvalue weighted by atomic mass is 32.1. The molecule has 1 N–H and O–H groups in total. The monoisotopic (exact) mass is 413 g/mol. The molecule has 0 fully saturated rings. The molecule has 1 aromatic heterocycles. The predicted octanol–water partition coefficient (Wildman–Crippen LogP) is 4.36. The summed E-state index contributed by atoms with van der Waals surface area (Å²) in [6, 6.07) is 13.3. The number of aromatic nitrogens is 2. The fourth-order valence-electron chi connectivity index (χ4n) is 3.05. The summed E-state index contributed by atoms with van der Waals surface area (Å²) in [5, 5.41) is 12.5.